The average molecular weight is 311 g/mol. The summed E-state index contributed by atoms with van der Waals surface area (Å²) in [6.45, 7) is 8.86. The molecule has 4 heteroatoms. The van der Waals surface area contributed by atoms with Gasteiger partial charge in [0.1, 0.15) is 5.82 Å². The van der Waals surface area contributed by atoms with Gasteiger partial charge in [-0.05, 0) is 31.5 Å². The Morgan fingerprint density at radius 3 is 2.30 bits per heavy atom. The Labute approximate surface area is 138 Å². The highest BCUT2D eigenvalue weighted by Crippen LogP contribution is 2.19. The first-order chi connectivity index (χ1) is 11.0. The van der Waals surface area contributed by atoms with Crippen LogP contribution in [-0.4, -0.2) is 16.9 Å². The first-order valence-electron chi connectivity index (χ1n) is 8.05. The maximum atomic E-state index is 11.7. The summed E-state index contributed by atoms with van der Waals surface area (Å²) >= 11 is 0. The summed E-state index contributed by atoms with van der Waals surface area (Å²) in [5, 5.41) is 2.87. The largest absolute Gasteiger partial charge is 0.350 e. The number of anilines is 2. The lowest BCUT2D eigenvalue weighted by Gasteiger charge is -2.28. The Bertz CT molecular complexity index is 621. The number of hydrogen-bond acceptors (Lipinski definition) is 3. The van der Waals surface area contributed by atoms with Crippen molar-refractivity contribution in [3.63, 3.8) is 0 Å². The van der Waals surface area contributed by atoms with E-state index in [1.165, 1.54) is 5.56 Å². The topological polar surface area (TPSA) is 45.2 Å². The molecule has 122 valence electrons. The number of nitrogens with zero attached hydrogens (tertiary/aromatic N) is 2. The van der Waals surface area contributed by atoms with Crippen LogP contribution in [0.2, 0.25) is 0 Å². The Balaban J connectivity index is 2.12. The molecule has 1 aromatic carbocycles. The number of pyridine rings is 1. The number of nitrogens with one attached hydrogen (secondary N) is 1. The van der Waals surface area contributed by atoms with Crippen molar-refractivity contribution in [2.45, 2.75) is 40.3 Å². The third kappa shape index (κ3) is 4.81. The van der Waals surface area contributed by atoms with Crippen LogP contribution in [0.1, 0.15) is 33.3 Å². The van der Waals surface area contributed by atoms with Gasteiger partial charge in [0.15, 0.2) is 0 Å². The molecule has 1 amide bonds. The molecule has 1 N–H and O–H groups in total. The first-order valence-corrected chi connectivity index (χ1v) is 8.05. The van der Waals surface area contributed by atoms with E-state index in [1.807, 2.05) is 44.2 Å². The van der Waals surface area contributed by atoms with Gasteiger partial charge in [-0.1, -0.05) is 44.2 Å². The molecule has 23 heavy (non-hydrogen) atoms. The minimum atomic E-state index is -0.0417. The van der Waals surface area contributed by atoms with Crippen LogP contribution < -0.4 is 10.2 Å². The molecular weight excluding hydrogens is 286 g/mol. The van der Waals surface area contributed by atoms with Crippen LogP contribution in [0.5, 0.6) is 0 Å². The molecule has 1 heterocycles. The van der Waals surface area contributed by atoms with Crippen LogP contribution in [0.25, 0.3) is 0 Å². The zero-order chi connectivity index (χ0) is 16.8. The fourth-order valence-electron chi connectivity index (χ4n) is 2.22. The molecule has 0 radical (unpaired) electrons. The lowest BCUT2D eigenvalue weighted by molar-refractivity contribution is -0.118. The molecule has 0 fully saturated rings. The minimum Gasteiger partial charge on any atom is -0.350 e. The number of carbonyl (C=O) groups excluding carboxylic acids is 1. The predicted octanol–water partition coefficient (Wildman–Crippen LogP) is 4.09. The molecule has 0 spiro atoms. The van der Waals surface area contributed by atoms with E-state index < -0.39 is 0 Å². The van der Waals surface area contributed by atoms with Crippen molar-refractivity contribution in [1.82, 2.24) is 4.98 Å². The Hall–Kier alpha value is -2.36. The summed E-state index contributed by atoms with van der Waals surface area (Å²) in [5.74, 6) is 0.871. The summed E-state index contributed by atoms with van der Waals surface area (Å²) in [6, 6.07) is 14.5. The normalized spacial score (nSPS) is 10.9. The fourth-order valence-corrected chi connectivity index (χ4v) is 2.22. The molecular formula is C19H25N3O. The maximum Gasteiger partial charge on any atom is 0.226 e. The third-order valence-electron chi connectivity index (χ3n) is 3.65. The number of amides is 1. The molecule has 0 aliphatic carbocycles. The summed E-state index contributed by atoms with van der Waals surface area (Å²) < 4.78 is 0. The highest BCUT2D eigenvalue weighted by Gasteiger charge is 2.13. The van der Waals surface area contributed by atoms with Crippen molar-refractivity contribution < 1.29 is 4.79 Å². The monoisotopic (exact) mass is 311 g/mol. The minimum absolute atomic E-state index is 0.00421. The van der Waals surface area contributed by atoms with Crippen molar-refractivity contribution in [1.29, 1.82) is 0 Å². The Morgan fingerprint density at radius 2 is 1.78 bits per heavy atom. The van der Waals surface area contributed by atoms with E-state index in [-0.39, 0.29) is 11.8 Å². The lowest BCUT2D eigenvalue weighted by atomic mass is 10.2. The summed E-state index contributed by atoms with van der Waals surface area (Å²) in [6.07, 6.45) is 1.72. The van der Waals surface area contributed by atoms with Gasteiger partial charge in [0.2, 0.25) is 5.91 Å². The number of rotatable bonds is 6. The smallest absolute Gasteiger partial charge is 0.226 e. The average Bonchev–Trinajstić information content (AvgIpc) is 2.54. The van der Waals surface area contributed by atoms with E-state index in [0.717, 1.165) is 18.1 Å². The van der Waals surface area contributed by atoms with E-state index in [0.29, 0.717) is 6.04 Å². The van der Waals surface area contributed by atoms with Crippen LogP contribution in [-0.2, 0) is 11.3 Å². The van der Waals surface area contributed by atoms with Crippen LogP contribution in [0.15, 0.2) is 48.7 Å². The van der Waals surface area contributed by atoms with Crippen molar-refractivity contribution in [2.75, 3.05) is 10.2 Å². The van der Waals surface area contributed by atoms with E-state index >= 15 is 0 Å². The van der Waals surface area contributed by atoms with E-state index in [1.54, 1.807) is 6.20 Å². The molecule has 0 aliphatic heterocycles. The third-order valence-corrected chi connectivity index (χ3v) is 3.65. The summed E-state index contributed by atoms with van der Waals surface area (Å²) in [5.41, 5.74) is 1.98. The molecule has 2 aromatic rings. The summed E-state index contributed by atoms with van der Waals surface area (Å²) in [7, 11) is 0. The molecule has 0 aliphatic rings. The molecule has 0 saturated heterocycles. The van der Waals surface area contributed by atoms with Gasteiger partial charge in [0.25, 0.3) is 0 Å². The highest BCUT2D eigenvalue weighted by atomic mass is 16.1. The predicted molar refractivity (Wildman–Crippen MR) is 95.5 cm³/mol. The van der Waals surface area contributed by atoms with E-state index in [2.05, 4.69) is 41.2 Å². The van der Waals surface area contributed by atoms with Gasteiger partial charge >= 0.3 is 0 Å². The van der Waals surface area contributed by atoms with Crippen molar-refractivity contribution in [3.05, 3.63) is 54.2 Å². The van der Waals surface area contributed by atoms with Crippen molar-refractivity contribution >= 4 is 17.4 Å². The number of carbonyl (C=O) groups is 1. The quantitative estimate of drug-likeness (QED) is 0.874. The lowest BCUT2D eigenvalue weighted by Crippen LogP contribution is -2.30. The van der Waals surface area contributed by atoms with Crippen LogP contribution in [0.3, 0.4) is 0 Å². The van der Waals surface area contributed by atoms with Gasteiger partial charge in [-0.3, -0.25) is 4.79 Å². The zero-order valence-corrected chi connectivity index (χ0v) is 14.3. The standard InChI is InChI=1S/C19H25N3O/c1-14(2)19(23)21-17-10-11-18(20-12-17)22(15(3)4)13-16-8-6-5-7-9-16/h5-12,14-15H,13H2,1-4H3,(H,21,23). The molecule has 0 saturated carbocycles. The van der Waals surface area contributed by atoms with E-state index in [9.17, 15) is 4.79 Å². The molecule has 1 aromatic heterocycles. The number of hydrogen-bond donors (Lipinski definition) is 1. The Kier molecular flexibility index (Phi) is 5.74. The number of aromatic nitrogens is 1. The second-order valence-electron chi connectivity index (χ2n) is 6.26. The van der Waals surface area contributed by atoms with Crippen LogP contribution >= 0.6 is 0 Å². The second kappa shape index (κ2) is 7.77. The van der Waals surface area contributed by atoms with Crippen LogP contribution in [0, 0.1) is 5.92 Å². The Morgan fingerprint density at radius 1 is 1.09 bits per heavy atom. The summed E-state index contributed by atoms with van der Waals surface area (Å²) in [4.78, 5) is 18.5. The molecule has 2 rings (SSSR count). The van der Waals surface area contributed by atoms with Crippen LogP contribution in [0.4, 0.5) is 11.5 Å². The second-order valence-corrected chi connectivity index (χ2v) is 6.26. The van der Waals surface area contributed by atoms with Gasteiger partial charge in [-0.25, -0.2) is 4.98 Å². The molecule has 4 nitrogen and oxygen atoms in total. The van der Waals surface area contributed by atoms with Gasteiger partial charge in [-0.2, -0.15) is 0 Å². The van der Waals surface area contributed by atoms with Gasteiger partial charge in [0.05, 0.1) is 11.9 Å². The van der Waals surface area contributed by atoms with Gasteiger partial charge in [-0.15, -0.1) is 0 Å². The highest BCUT2D eigenvalue weighted by molar-refractivity contribution is 5.91. The molecule has 0 atom stereocenters. The van der Waals surface area contributed by atoms with Gasteiger partial charge < -0.3 is 10.2 Å². The van der Waals surface area contributed by atoms with Crippen molar-refractivity contribution in [3.8, 4) is 0 Å². The van der Waals surface area contributed by atoms with E-state index in [4.69, 9.17) is 0 Å². The zero-order valence-electron chi connectivity index (χ0n) is 14.3. The SMILES string of the molecule is CC(C)C(=O)Nc1ccc(N(Cc2ccccc2)C(C)C)nc1. The molecule has 0 unspecified atom stereocenters. The maximum absolute atomic E-state index is 11.7. The molecule has 0 bridgehead atoms. The first kappa shape index (κ1) is 17.0. The fraction of sp³-hybridized carbons (Fsp3) is 0.368. The van der Waals surface area contributed by atoms with Gasteiger partial charge in [0, 0.05) is 18.5 Å². The van der Waals surface area contributed by atoms with Crippen molar-refractivity contribution in [2.24, 2.45) is 5.92 Å². The number of benzene rings is 1.